The molecule has 0 bridgehead atoms. The van der Waals surface area contributed by atoms with Crippen molar-refractivity contribution in [3.63, 3.8) is 0 Å². The minimum Gasteiger partial charge on any atom is -0.496 e. The zero-order valence-electron chi connectivity index (χ0n) is 9.01. The molecule has 0 unspecified atom stereocenters. The predicted octanol–water partition coefficient (Wildman–Crippen LogP) is 3.43. The molecule has 3 heteroatoms. The molecule has 0 aliphatic rings. The zero-order valence-corrected chi connectivity index (χ0v) is 9.83. The SMILES string of the molecule is COc1ccccc1Sc1ccc(N)cc1. The molecule has 2 aromatic rings. The van der Waals surface area contributed by atoms with Crippen LogP contribution in [0, 0.1) is 0 Å². The van der Waals surface area contributed by atoms with Crippen molar-refractivity contribution in [3.05, 3.63) is 48.5 Å². The number of benzene rings is 2. The smallest absolute Gasteiger partial charge is 0.132 e. The Morgan fingerprint density at radius 1 is 1.00 bits per heavy atom. The van der Waals surface area contributed by atoms with Crippen LogP contribution in [0.15, 0.2) is 58.3 Å². The van der Waals surface area contributed by atoms with Crippen molar-refractivity contribution < 1.29 is 4.74 Å². The first-order valence-electron chi connectivity index (χ1n) is 4.96. The molecule has 2 rings (SSSR count). The highest BCUT2D eigenvalue weighted by molar-refractivity contribution is 7.99. The van der Waals surface area contributed by atoms with Crippen LogP contribution >= 0.6 is 11.8 Å². The third-order valence-electron chi connectivity index (χ3n) is 2.18. The van der Waals surface area contributed by atoms with Gasteiger partial charge in [0.25, 0.3) is 0 Å². The van der Waals surface area contributed by atoms with Gasteiger partial charge in [-0.1, -0.05) is 23.9 Å². The van der Waals surface area contributed by atoms with Gasteiger partial charge in [-0.05, 0) is 36.4 Å². The number of rotatable bonds is 3. The molecule has 0 saturated heterocycles. The number of anilines is 1. The number of para-hydroxylation sites is 1. The Bertz CT molecular complexity index is 468. The molecule has 0 aromatic heterocycles. The van der Waals surface area contributed by atoms with Crippen molar-refractivity contribution in [1.82, 2.24) is 0 Å². The summed E-state index contributed by atoms with van der Waals surface area (Å²) in [7, 11) is 1.68. The molecule has 0 aliphatic heterocycles. The average molecular weight is 231 g/mol. The Hall–Kier alpha value is -1.61. The lowest BCUT2D eigenvalue weighted by atomic mass is 10.3. The first kappa shape index (κ1) is 10.9. The van der Waals surface area contributed by atoms with Gasteiger partial charge in [0.1, 0.15) is 5.75 Å². The number of nitrogen functional groups attached to an aromatic ring is 1. The summed E-state index contributed by atoms with van der Waals surface area (Å²) in [6.45, 7) is 0. The Morgan fingerprint density at radius 3 is 2.38 bits per heavy atom. The molecule has 0 atom stereocenters. The minimum atomic E-state index is 0.782. The zero-order chi connectivity index (χ0) is 11.4. The normalized spacial score (nSPS) is 10.1. The van der Waals surface area contributed by atoms with Crippen LogP contribution in [0.2, 0.25) is 0 Å². The second kappa shape index (κ2) is 4.94. The second-order valence-corrected chi connectivity index (χ2v) is 4.44. The van der Waals surface area contributed by atoms with Crippen LogP contribution < -0.4 is 10.5 Å². The number of methoxy groups -OCH3 is 1. The van der Waals surface area contributed by atoms with Crippen LogP contribution in [0.3, 0.4) is 0 Å². The maximum atomic E-state index is 5.64. The van der Waals surface area contributed by atoms with Gasteiger partial charge in [0.15, 0.2) is 0 Å². The van der Waals surface area contributed by atoms with E-state index in [4.69, 9.17) is 10.5 Å². The van der Waals surface area contributed by atoms with Crippen molar-refractivity contribution in [1.29, 1.82) is 0 Å². The van der Waals surface area contributed by atoms with E-state index in [1.54, 1.807) is 18.9 Å². The monoisotopic (exact) mass is 231 g/mol. The van der Waals surface area contributed by atoms with E-state index in [0.29, 0.717) is 0 Å². The lowest BCUT2D eigenvalue weighted by Gasteiger charge is -2.07. The summed E-state index contributed by atoms with van der Waals surface area (Å²) in [5, 5.41) is 0. The van der Waals surface area contributed by atoms with Gasteiger partial charge in [0, 0.05) is 10.6 Å². The van der Waals surface area contributed by atoms with Gasteiger partial charge in [-0.25, -0.2) is 0 Å². The molecule has 16 heavy (non-hydrogen) atoms. The van der Waals surface area contributed by atoms with E-state index < -0.39 is 0 Å². The highest BCUT2D eigenvalue weighted by atomic mass is 32.2. The fraction of sp³-hybridized carbons (Fsp3) is 0.0769. The molecule has 0 amide bonds. The van der Waals surface area contributed by atoms with Crippen LogP contribution in [-0.2, 0) is 0 Å². The van der Waals surface area contributed by atoms with E-state index >= 15 is 0 Å². The Kier molecular flexibility index (Phi) is 3.37. The maximum absolute atomic E-state index is 5.64. The number of nitrogens with two attached hydrogens (primary N) is 1. The maximum Gasteiger partial charge on any atom is 0.132 e. The third-order valence-corrected chi connectivity index (χ3v) is 3.24. The van der Waals surface area contributed by atoms with E-state index in [1.807, 2.05) is 48.5 Å². The van der Waals surface area contributed by atoms with Crippen molar-refractivity contribution in [2.45, 2.75) is 9.79 Å². The Labute approximate surface area is 99.4 Å². The van der Waals surface area contributed by atoms with E-state index in [-0.39, 0.29) is 0 Å². The second-order valence-electron chi connectivity index (χ2n) is 3.32. The Balaban J connectivity index is 2.23. The molecule has 82 valence electrons. The van der Waals surface area contributed by atoms with Crippen LogP contribution in [0.1, 0.15) is 0 Å². The van der Waals surface area contributed by atoms with E-state index in [2.05, 4.69) is 0 Å². The molecule has 2 N–H and O–H groups in total. The molecule has 0 aliphatic carbocycles. The summed E-state index contributed by atoms with van der Waals surface area (Å²) in [6, 6.07) is 15.8. The third kappa shape index (κ3) is 2.49. The van der Waals surface area contributed by atoms with Gasteiger partial charge in [-0.15, -0.1) is 0 Å². The summed E-state index contributed by atoms with van der Waals surface area (Å²) in [4.78, 5) is 2.26. The largest absolute Gasteiger partial charge is 0.496 e. The standard InChI is InChI=1S/C13H13NOS/c1-15-12-4-2-3-5-13(12)16-11-8-6-10(14)7-9-11/h2-9H,14H2,1H3. The van der Waals surface area contributed by atoms with E-state index in [9.17, 15) is 0 Å². The van der Waals surface area contributed by atoms with Gasteiger partial charge in [-0.2, -0.15) is 0 Å². The fourth-order valence-electron chi connectivity index (χ4n) is 1.37. The Morgan fingerprint density at radius 2 is 1.69 bits per heavy atom. The van der Waals surface area contributed by atoms with Gasteiger partial charge < -0.3 is 10.5 Å². The topological polar surface area (TPSA) is 35.2 Å². The van der Waals surface area contributed by atoms with Gasteiger partial charge >= 0.3 is 0 Å². The summed E-state index contributed by atoms with van der Waals surface area (Å²) in [5.74, 6) is 0.893. The lowest BCUT2D eigenvalue weighted by Crippen LogP contribution is -1.86. The van der Waals surface area contributed by atoms with E-state index in [0.717, 1.165) is 21.2 Å². The first-order valence-corrected chi connectivity index (χ1v) is 5.77. The minimum absolute atomic E-state index is 0.782. The highest BCUT2D eigenvalue weighted by Crippen LogP contribution is 2.34. The molecular formula is C13H13NOS. The molecule has 0 spiro atoms. The summed E-state index contributed by atoms with van der Waals surface area (Å²) in [6.07, 6.45) is 0. The van der Waals surface area contributed by atoms with Crippen molar-refractivity contribution in [3.8, 4) is 5.75 Å². The van der Waals surface area contributed by atoms with Crippen molar-refractivity contribution >= 4 is 17.4 Å². The molecule has 0 fully saturated rings. The molecule has 0 heterocycles. The quantitative estimate of drug-likeness (QED) is 0.822. The van der Waals surface area contributed by atoms with Crippen molar-refractivity contribution in [2.24, 2.45) is 0 Å². The summed E-state index contributed by atoms with van der Waals surface area (Å²) < 4.78 is 5.30. The average Bonchev–Trinajstić information content (AvgIpc) is 2.33. The summed E-state index contributed by atoms with van der Waals surface area (Å²) in [5.41, 5.74) is 6.42. The van der Waals surface area contributed by atoms with Crippen LogP contribution in [0.5, 0.6) is 5.75 Å². The van der Waals surface area contributed by atoms with Crippen LogP contribution in [-0.4, -0.2) is 7.11 Å². The molecule has 0 saturated carbocycles. The van der Waals surface area contributed by atoms with Crippen molar-refractivity contribution in [2.75, 3.05) is 12.8 Å². The molecule has 0 radical (unpaired) electrons. The molecule has 2 aromatic carbocycles. The van der Waals surface area contributed by atoms with Gasteiger partial charge in [0.2, 0.25) is 0 Å². The highest BCUT2D eigenvalue weighted by Gasteiger charge is 2.03. The number of hydrogen-bond acceptors (Lipinski definition) is 3. The first-order chi connectivity index (χ1) is 7.79. The fourth-order valence-corrected chi connectivity index (χ4v) is 2.29. The van der Waals surface area contributed by atoms with Crippen LogP contribution in [0.25, 0.3) is 0 Å². The van der Waals surface area contributed by atoms with Gasteiger partial charge in [0.05, 0.1) is 12.0 Å². The number of hydrogen-bond donors (Lipinski definition) is 1. The predicted molar refractivity (Wildman–Crippen MR) is 68.0 cm³/mol. The lowest BCUT2D eigenvalue weighted by molar-refractivity contribution is 0.405. The number of ether oxygens (including phenoxy) is 1. The van der Waals surface area contributed by atoms with Crippen LogP contribution in [0.4, 0.5) is 5.69 Å². The summed E-state index contributed by atoms with van der Waals surface area (Å²) >= 11 is 1.67. The molecule has 2 nitrogen and oxygen atoms in total. The van der Waals surface area contributed by atoms with E-state index in [1.165, 1.54) is 0 Å². The molecular weight excluding hydrogens is 218 g/mol. The van der Waals surface area contributed by atoms with Gasteiger partial charge in [-0.3, -0.25) is 0 Å².